The summed E-state index contributed by atoms with van der Waals surface area (Å²) in [7, 11) is 0. The standard InChI is InChI=1S/C17H24N2O2/c1-13(2)21-17(20)15-7-5-6-14(10-15)12-19-9-4-3-8-16(19)11-18/h3,5-8,10,13,16H,4,9,11-12,18H2,1-2H3. The topological polar surface area (TPSA) is 55.6 Å². The SMILES string of the molecule is CC(C)OC(=O)c1cccc(CN2CCC=CC2CN)c1. The highest BCUT2D eigenvalue weighted by Gasteiger charge is 2.18. The van der Waals surface area contributed by atoms with Gasteiger partial charge in [0.1, 0.15) is 0 Å². The summed E-state index contributed by atoms with van der Waals surface area (Å²) in [5.74, 6) is -0.263. The summed E-state index contributed by atoms with van der Waals surface area (Å²) >= 11 is 0. The highest BCUT2D eigenvalue weighted by atomic mass is 16.5. The molecule has 0 amide bonds. The normalized spacial score (nSPS) is 19.0. The lowest BCUT2D eigenvalue weighted by Gasteiger charge is -2.31. The van der Waals surface area contributed by atoms with Crippen LogP contribution in [0.25, 0.3) is 0 Å². The van der Waals surface area contributed by atoms with Gasteiger partial charge < -0.3 is 10.5 Å². The molecule has 0 saturated carbocycles. The van der Waals surface area contributed by atoms with Gasteiger partial charge >= 0.3 is 5.97 Å². The molecule has 114 valence electrons. The Balaban J connectivity index is 2.07. The maximum atomic E-state index is 12.0. The molecule has 4 heteroatoms. The van der Waals surface area contributed by atoms with E-state index in [0.717, 1.165) is 25.1 Å². The molecule has 1 aliphatic rings. The average molecular weight is 288 g/mol. The van der Waals surface area contributed by atoms with Crippen LogP contribution in [0.3, 0.4) is 0 Å². The van der Waals surface area contributed by atoms with Crippen molar-refractivity contribution in [1.29, 1.82) is 0 Å². The lowest BCUT2D eigenvalue weighted by Crippen LogP contribution is -2.41. The lowest BCUT2D eigenvalue weighted by molar-refractivity contribution is 0.0377. The Kier molecular flexibility index (Phi) is 5.53. The molecule has 1 unspecified atom stereocenters. The molecule has 0 radical (unpaired) electrons. The molecular formula is C17H24N2O2. The van der Waals surface area contributed by atoms with E-state index < -0.39 is 0 Å². The third-order valence-electron chi connectivity index (χ3n) is 3.54. The quantitative estimate of drug-likeness (QED) is 0.667. The molecule has 21 heavy (non-hydrogen) atoms. The van der Waals surface area contributed by atoms with Crippen LogP contribution in [0.15, 0.2) is 36.4 Å². The number of carbonyl (C=O) groups is 1. The monoisotopic (exact) mass is 288 g/mol. The van der Waals surface area contributed by atoms with Crippen LogP contribution in [0.2, 0.25) is 0 Å². The predicted octanol–water partition coefficient (Wildman–Crippen LogP) is 2.34. The number of esters is 1. The van der Waals surface area contributed by atoms with E-state index in [1.165, 1.54) is 0 Å². The molecule has 2 N–H and O–H groups in total. The third kappa shape index (κ3) is 4.41. The molecule has 0 aromatic heterocycles. The fourth-order valence-electron chi connectivity index (χ4n) is 2.52. The first kappa shape index (κ1) is 15.7. The summed E-state index contributed by atoms with van der Waals surface area (Å²) in [4.78, 5) is 14.3. The zero-order chi connectivity index (χ0) is 15.2. The molecule has 1 aliphatic heterocycles. The number of nitrogens with zero attached hydrogens (tertiary/aromatic N) is 1. The molecule has 0 saturated heterocycles. The van der Waals surface area contributed by atoms with Crippen molar-refractivity contribution < 1.29 is 9.53 Å². The molecule has 1 atom stereocenters. The van der Waals surface area contributed by atoms with Crippen molar-refractivity contribution in [2.45, 2.75) is 39.0 Å². The van der Waals surface area contributed by atoms with Gasteiger partial charge in [-0.25, -0.2) is 4.79 Å². The first-order valence-electron chi connectivity index (χ1n) is 7.51. The van der Waals surface area contributed by atoms with Crippen LogP contribution in [-0.4, -0.2) is 36.1 Å². The van der Waals surface area contributed by atoms with E-state index >= 15 is 0 Å². The number of hydrogen-bond acceptors (Lipinski definition) is 4. The number of hydrogen-bond donors (Lipinski definition) is 1. The Morgan fingerprint density at radius 3 is 3.00 bits per heavy atom. The van der Waals surface area contributed by atoms with Gasteiger partial charge in [-0.2, -0.15) is 0 Å². The Hall–Kier alpha value is -1.65. The highest BCUT2D eigenvalue weighted by molar-refractivity contribution is 5.89. The van der Waals surface area contributed by atoms with E-state index in [0.29, 0.717) is 12.1 Å². The molecule has 0 spiro atoms. The molecule has 0 bridgehead atoms. The average Bonchev–Trinajstić information content (AvgIpc) is 2.47. The van der Waals surface area contributed by atoms with Gasteiger partial charge in [-0.05, 0) is 38.0 Å². The zero-order valence-electron chi connectivity index (χ0n) is 12.8. The van der Waals surface area contributed by atoms with Crippen molar-refractivity contribution in [3.05, 3.63) is 47.5 Å². The van der Waals surface area contributed by atoms with Crippen molar-refractivity contribution in [3.8, 4) is 0 Å². The van der Waals surface area contributed by atoms with Crippen LogP contribution < -0.4 is 5.73 Å². The van der Waals surface area contributed by atoms with Gasteiger partial charge in [0, 0.05) is 25.7 Å². The van der Waals surface area contributed by atoms with E-state index in [2.05, 4.69) is 17.1 Å². The van der Waals surface area contributed by atoms with Crippen molar-refractivity contribution in [2.24, 2.45) is 5.73 Å². The Bertz CT molecular complexity index is 511. The summed E-state index contributed by atoms with van der Waals surface area (Å²) in [6.07, 6.45) is 5.30. The van der Waals surface area contributed by atoms with Crippen LogP contribution >= 0.6 is 0 Å². The summed E-state index contributed by atoms with van der Waals surface area (Å²) in [5, 5.41) is 0. The smallest absolute Gasteiger partial charge is 0.338 e. The van der Waals surface area contributed by atoms with Crippen molar-refractivity contribution in [2.75, 3.05) is 13.1 Å². The van der Waals surface area contributed by atoms with Crippen LogP contribution in [0.5, 0.6) is 0 Å². The molecule has 1 aromatic rings. The largest absolute Gasteiger partial charge is 0.459 e. The van der Waals surface area contributed by atoms with Crippen molar-refractivity contribution in [1.82, 2.24) is 4.90 Å². The van der Waals surface area contributed by atoms with E-state index in [1.54, 1.807) is 6.07 Å². The molecule has 4 nitrogen and oxygen atoms in total. The second kappa shape index (κ2) is 7.38. The minimum absolute atomic E-state index is 0.102. The van der Waals surface area contributed by atoms with Crippen LogP contribution in [-0.2, 0) is 11.3 Å². The summed E-state index contributed by atoms with van der Waals surface area (Å²) in [6, 6.07) is 7.94. The number of benzene rings is 1. The van der Waals surface area contributed by atoms with Crippen molar-refractivity contribution >= 4 is 5.97 Å². The zero-order valence-corrected chi connectivity index (χ0v) is 12.8. The van der Waals surface area contributed by atoms with E-state index in [4.69, 9.17) is 10.5 Å². The van der Waals surface area contributed by atoms with Gasteiger partial charge in [0.15, 0.2) is 0 Å². The third-order valence-corrected chi connectivity index (χ3v) is 3.54. The number of ether oxygens (including phenoxy) is 1. The molecule has 2 rings (SSSR count). The number of rotatable bonds is 5. The first-order valence-corrected chi connectivity index (χ1v) is 7.51. The summed E-state index contributed by atoms with van der Waals surface area (Å²) in [5.41, 5.74) is 7.54. The summed E-state index contributed by atoms with van der Waals surface area (Å²) in [6.45, 7) is 6.13. The fourth-order valence-corrected chi connectivity index (χ4v) is 2.52. The predicted molar refractivity (Wildman–Crippen MR) is 84.0 cm³/mol. The van der Waals surface area contributed by atoms with Crippen LogP contribution in [0, 0.1) is 0 Å². The molecule has 1 heterocycles. The van der Waals surface area contributed by atoms with Gasteiger partial charge in [0.05, 0.1) is 11.7 Å². The molecule has 1 aromatic carbocycles. The van der Waals surface area contributed by atoms with Gasteiger partial charge in [-0.1, -0.05) is 24.3 Å². The van der Waals surface area contributed by atoms with E-state index in [-0.39, 0.29) is 18.1 Å². The maximum Gasteiger partial charge on any atom is 0.338 e. The maximum absolute atomic E-state index is 12.0. The summed E-state index contributed by atoms with van der Waals surface area (Å²) < 4.78 is 5.24. The van der Waals surface area contributed by atoms with Gasteiger partial charge in [-0.3, -0.25) is 4.90 Å². The Morgan fingerprint density at radius 1 is 1.48 bits per heavy atom. The van der Waals surface area contributed by atoms with E-state index in [9.17, 15) is 4.79 Å². The van der Waals surface area contributed by atoms with Gasteiger partial charge in [0.2, 0.25) is 0 Å². The number of nitrogens with two attached hydrogens (primary N) is 1. The van der Waals surface area contributed by atoms with Crippen LogP contribution in [0.4, 0.5) is 0 Å². The lowest BCUT2D eigenvalue weighted by atomic mass is 10.1. The fraction of sp³-hybridized carbons (Fsp3) is 0.471. The van der Waals surface area contributed by atoms with Crippen molar-refractivity contribution in [3.63, 3.8) is 0 Å². The number of carbonyl (C=O) groups excluding carboxylic acids is 1. The van der Waals surface area contributed by atoms with Gasteiger partial charge in [0.25, 0.3) is 0 Å². The second-order valence-electron chi connectivity index (χ2n) is 5.64. The minimum atomic E-state index is -0.263. The Labute approximate surface area is 126 Å². The van der Waals surface area contributed by atoms with E-state index in [1.807, 2.05) is 32.0 Å². The first-order chi connectivity index (χ1) is 10.1. The molecule has 0 fully saturated rings. The van der Waals surface area contributed by atoms with Gasteiger partial charge in [-0.15, -0.1) is 0 Å². The minimum Gasteiger partial charge on any atom is -0.459 e. The molecule has 0 aliphatic carbocycles. The second-order valence-corrected chi connectivity index (χ2v) is 5.64. The van der Waals surface area contributed by atoms with Crippen LogP contribution in [0.1, 0.15) is 36.2 Å². The Morgan fingerprint density at radius 2 is 2.29 bits per heavy atom. The molecular weight excluding hydrogens is 264 g/mol. The highest BCUT2D eigenvalue weighted by Crippen LogP contribution is 2.15.